The molecule has 3 rings (SSSR count). The van der Waals surface area contributed by atoms with Gasteiger partial charge in [0.15, 0.2) is 0 Å². The topological polar surface area (TPSA) is 89.8 Å². The van der Waals surface area contributed by atoms with Crippen LogP contribution in [0, 0.1) is 0 Å². The Hall–Kier alpha value is -1.73. The summed E-state index contributed by atoms with van der Waals surface area (Å²) in [5.41, 5.74) is -1.84. The molecule has 0 bridgehead atoms. The van der Waals surface area contributed by atoms with Crippen LogP contribution in [0.3, 0.4) is 0 Å². The van der Waals surface area contributed by atoms with Gasteiger partial charge in [0.1, 0.15) is 5.60 Å². The Kier molecular flexibility index (Phi) is 5.24. The number of aliphatic hydroxyl groups is 2. The molecule has 7 nitrogen and oxygen atoms in total. The minimum atomic E-state index is -0.973. The number of amides is 1. The second-order valence-corrected chi connectivity index (χ2v) is 7.66. The molecule has 2 N–H and O–H groups in total. The van der Waals surface area contributed by atoms with E-state index >= 15 is 0 Å². The molecule has 25 heavy (non-hydrogen) atoms. The van der Waals surface area contributed by atoms with Crippen LogP contribution in [0.25, 0.3) is 0 Å². The van der Waals surface area contributed by atoms with Crippen molar-refractivity contribution >= 4 is 11.9 Å². The van der Waals surface area contributed by atoms with Crippen molar-refractivity contribution in [3.05, 3.63) is 18.5 Å². The van der Waals surface area contributed by atoms with Crippen molar-refractivity contribution in [2.45, 2.75) is 56.1 Å². The highest BCUT2D eigenvalue weighted by Crippen LogP contribution is 2.32. The van der Waals surface area contributed by atoms with Crippen molar-refractivity contribution in [1.82, 2.24) is 14.9 Å². The summed E-state index contributed by atoms with van der Waals surface area (Å²) >= 11 is 0. The van der Waals surface area contributed by atoms with Crippen LogP contribution in [-0.4, -0.2) is 68.9 Å². The fourth-order valence-electron chi connectivity index (χ4n) is 3.94. The number of carbonyl (C=O) groups is 1. The monoisotopic (exact) mass is 348 g/mol. The van der Waals surface area contributed by atoms with Crippen molar-refractivity contribution in [2.24, 2.45) is 0 Å². The molecule has 1 saturated carbocycles. The summed E-state index contributed by atoms with van der Waals surface area (Å²) in [7, 11) is 1.70. The summed E-state index contributed by atoms with van der Waals surface area (Å²) in [6.45, 7) is 1.32. The van der Waals surface area contributed by atoms with E-state index in [1.165, 1.54) is 0 Å². The van der Waals surface area contributed by atoms with Crippen LogP contribution in [0.15, 0.2) is 18.5 Å². The van der Waals surface area contributed by atoms with Crippen molar-refractivity contribution < 1.29 is 15.0 Å². The number of β-amino-alcohol motifs (C(OH)–C–C–N with tert-alkyl or cyclic N) is 1. The van der Waals surface area contributed by atoms with Gasteiger partial charge in [-0.2, -0.15) is 0 Å². The Morgan fingerprint density at radius 1 is 1.16 bits per heavy atom. The zero-order valence-electron chi connectivity index (χ0n) is 14.9. The van der Waals surface area contributed by atoms with Gasteiger partial charge in [-0.1, -0.05) is 19.3 Å². The third kappa shape index (κ3) is 4.46. The number of anilines is 1. The van der Waals surface area contributed by atoms with E-state index in [2.05, 4.69) is 9.97 Å². The van der Waals surface area contributed by atoms with E-state index in [-0.39, 0.29) is 18.9 Å². The molecule has 1 atom stereocenters. The van der Waals surface area contributed by atoms with Gasteiger partial charge in [0.2, 0.25) is 11.9 Å². The van der Waals surface area contributed by atoms with E-state index in [1.807, 2.05) is 4.90 Å². The maximum atomic E-state index is 12.5. The van der Waals surface area contributed by atoms with Gasteiger partial charge < -0.3 is 20.0 Å². The van der Waals surface area contributed by atoms with Gasteiger partial charge in [0.25, 0.3) is 0 Å². The van der Waals surface area contributed by atoms with E-state index < -0.39 is 11.2 Å². The molecule has 1 saturated heterocycles. The maximum Gasteiger partial charge on any atom is 0.225 e. The molecule has 2 aliphatic rings. The average Bonchev–Trinajstić information content (AvgIpc) is 2.98. The lowest BCUT2D eigenvalue weighted by Gasteiger charge is -2.34. The number of likely N-dealkylation sites (N-methyl/N-ethyl adjacent to an activating group) is 1. The van der Waals surface area contributed by atoms with E-state index in [0.29, 0.717) is 38.3 Å². The lowest BCUT2D eigenvalue weighted by molar-refractivity contribution is -0.139. The number of carbonyl (C=O) groups excluding carboxylic acids is 1. The van der Waals surface area contributed by atoms with Gasteiger partial charge in [-0.15, -0.1) is 0 Å². The first-order valence-corrected chi connectivity index (χ1v) is 9.10. The SMILES string of the molecule is CN(C[C@]1(O)CCN(c2ncccn2)C1)C(=O)CC1(O)CCCCC1. The van der Waals surface area contributed by atoms with Gasteiger partial charge in [0, 0.05) is 26.0 Å². The van der Waals surface area contributed by atoms with Gasteiger partial charge in [0.05, 0.1) is 25.1 Å². The fraction of sp³-hybridized carbons (Fsp3) is 0.722. The van der Waals surface area contributed by atoms with Gasteiger partial charge in [-0.3, -0.25) is 4.79 Å². The van der Waals surface area contributed by atoms with Crippen molar-refractivity contribution in [3.63, 3.8) is 0 Å². The minimum Gasteiger partial charge on any atom is -0.389 e. The van der Waals surface area contributed by atoms with E-state index in [9.17, 15) is 15.0 Å². The fourth-order valence-corrected chi connectivity index (χ4v) is 3.94. The lowest BCUT2D eigenvalue weighted by Crippen LogP contribution is -2.48. The summed E-state index contributed by atoms with van der Waals surface area (Å²) in [4.78, 5) is 24.4. The van der Waals surface area contributed by atoms with Crippen LogP contribution in [0.4, 0.5) is 5.95 Å². The predicted molar refractivity (Wildman–Crippen MR) is 94.1 cm³/mol. The molecule has 138 valence electrons. The summed E-state index contributed by atoms with van der Waals surface area (Å²) in [5, 5.41) is 21.4. The molecular weight excluding hydrogens is 320 g/mol. The zero-order chi connectivity index (χ0) is 17.9. The molecule has 1 aromatic heterocycles. The Labute approximate surface area is 148 Å². The molecule has 2 heterocycles. The van der Waals surface area contributed by atoms with Crippen LogP contribution in [-0.2, 0) is 4.79 Å². The van der Waals surface area contributed by atoms with Gasteiger partial charge in [-0.25, -0.2) is 9.97 Å². The normalized spacial score (nSPS) is 25.8. The van der Waals surface area contributed by atoms with Gasteiger partial charge in [-0.05, 0) is 25.3 Å². The van der Waals surface area contributed by atoms with E-state index in [0.717, 1.165) is 19.3 Å². The second-order valence-electron chi connectivity index (χ2n) is 7.66. The van der Waals surface area contributed by atoms with Crippen LogP contribution in [0.5, 0.6) is 0 Å². The zero-order valence-corrected chi connectivity index (χ0v) is 14.9. The predicted octanol–water partition coefficient (Wildman–Crippen LogP) is 0.961. The first-order valence-electron chi connectivity index (χ1n) is 9.10. The van der Waals surface area contributed by atoms with E-state index in [1.54, 1.807) is 30.4 Å². The van der Waals surface area contributed by atoms with Crippen molar-refractivity contribution in [3.8, 4) is 0 Å². The van der Waals surface area contributed by atoms with Crippen molar-refractivity contribution in [2.75, 3.05) is 31.6 Å². The quantitative estimate of drug-likeness (QED) is 0.824. The molecule has 1 aliphatic heterocycles. The maximum absolute atomic E-state index is 12.5. The number of aromatic nitrogens is 2. The molecule has 1 amide bonds. The number of hydrogen-bond acceptors (Lipinski definition) is 6. The highest BCUT2D eigenvalue weighted by atomic mass is 16.3. The molecule has 0 radical (unpaired) electrons. The summed E-state index contributed by atoms with van der Waals surface area (Å²) in [5.74, 6) is 0.496. The molecule has 2 fully saturated rings. The number of rotatable bonds is 5. The largest absolute Gasteiger partial charge is 0.389 e. The molecule has 0 aromatic carbocycles. The third-order valence-corrected chi connectivity index (χ3v) is 5.39. The average molecular weight is 348 g/mol. The van der Waals surface area contributed by atoms with Gasteiger partial charge >= 0.3 is 0 Å². The van der Waals surface area contributed by atoms with Crippen LogP contribution >= 0.6 is 0 Å². The number of hydrogen-bond donors (Lipinski definition) is 2. The molecule has 1 aromatic rings. The van der Waals surface area contributed by atoms with Crippen LogP contribution in [0.2, 0.25) is 0 Å². The summed E-state index contributed by atoms with van der Waals surface area (Å²) in [6, 6.07) is 1.76. The summed E-state index contributed by atoms with van der Waals surface area (Å²) < 4.78 is 0. The van der Waals surface area contributed by atoms with Crippen LogP contribution < -0.4 is 4.90 Å². The van der Waals surface area contributed by atoms with Crippen LogP contribution in [0.1, 0.15) is 44.9 Å². The van der Waals surface area contributed by atoms with Crippen molar-refractivity contribution in [1.29, 1.82) is 0 Å². The Balaban J connectivity index is 1.55. The Bertz CT molecular complexity index is 591. The molecule has 0 unspecified atom stereocenters. The molecular formula is C18H28N4O3. The lowest BCUT2D eigenvalue weighted by atomic mass is 9.82. The smallest absolute Gasteiger partial charge is 0.225 e. The molecule has 0 spiro atoms. The molecule has 7 heteroatoms. The standard InChI is InChI=1S/C18H28N4O3/c1-21(15(23)12-17(24)6-3-2-4-7-17)13-18(25)8-11-22(14-18)16-19-9-5-10-20-16/h5,9-10,24-25H,2-4,6-8,11-14H2,1H3/t18-/m1/s1. The second kappa shape index (κ2) is 7.25. The first-order chi connectivity index (χ1) is 11.9. The highest BCUT2D eigenvalue weighted by Gasteiger charge is 2.40. The third-order valence-electron chi connectivity index (χ3n) is 5.39. The Morgan fingerprint density at radius 3 is 2.52 bits per heavy atom. The Morgan fingerprint density at radius 2 is 1.84 bits per heavy atom. The molecule has 1 aliphatic carbocycles. The first kappa shape index (κ1) is 18.1. The highest BCUT2D eigenvalue weighted by molar-refractivity contribution is 5.77. The number of nitrogens with zero attached hydrogens (tertiary/aromatic N) is 4. The minimum absolute atomic E-state index is 0.104. The van der Waals surface area contributed by atoms with E-state index in [4.69, 9.17) is 0 Å². The summed E-state index contributed by atoms with van der Waals surface area (Å²) in [6.07, 6.45) is 8.53.